The molecule has 0 aromatic heterocycles. The van der Waals surface area contributed by atoms with Crippen molar-refractivity contribution >= 4 is 35.6 Å². The number of hydrogen-bond donors (Lipinski definition) is 2. The Labute approximate surface area is 104 Å². The second kappa shape index (κ2) is 5.87. The van der Waals surface area contributed by atoms with Crippen LogP contribution in [0.25, 0.3) is 0 Å². The van der Waals surface area contributed by atoms with Gasteiger partial charge in [0.1, 0.15) is 5.82 Å². The monoisotopic (exact) mass is 273 g/mol. The fraction of sp³-hybridized carbons (Fsp3) is 0.333. The summed E-state index contributed by atoms with van der Waals surface area (Å²) in [6, 6.07) is 1.64. The molecule has 0 spiro atoms. The normalized spacial score (nSPS) is 14.3. The highest BCUT2D eigenvalue weighted by Gasteiger charge is 2.21. The highest BCUT2D eigenvalue weighted by atomic mass is 35.5. The van der Waals surface area contributed by atoms with Crippen LogP contribution >= 0.6 is 35.6 Å². The quantitative estimate of drug-likeness (QED) is 0.815. The Bertz CT molecular complexity index is 346. The van der Waals surface area contributed by atoms with E-state index in [1.54, 1.807) is 0 Å². The summed E-state index contributed by atoms with van der Waals surface area (Å²) in [5.41, 5.74) is 5.63. The SMILES string of the molecule is C[C@H](O)[C@H](N)c1c(F)ccc(Cl)c1Cl.Cl. The van der Waals surface area contributed by atoms with E-state index in [-0.39, 0.29) is 28.0 Å². The summed E-state index contributed by atoms with van der Waals surface area (Å²) in [7, 11) is 0. The zero-order valence-corrected chi connectivity index (χ0v) is 10.2. The van der Waals surface area contributed by atoms with E-state index in [1.807, 2.05) is 0 Å². The number of benzene rings is 1. The summed E-state index contributed by atoms with van der Waals surface area (Å²) < 4.78 is 13.3. The predicted molar refractivity (Wildman–Crippen MR) is 62.3 cm³/mol. The van der Waals surface area contributed by atoms with Crippen LogP contribution < -0.4 is 5.73 Å². The lowest BCUT2D eigenvalue weighted by Crippen LogP contribution is -2.24. The van der Waals surface area contributed by atoms with Crippen molar-refractivity contribution < 1.29 is 9.50 Å². The molecule has 1 rings (SSSR count). The van der Waals surface area contributed by atoms with Crippen molar-refractivity contribution in [2.45, 2.75) is 19.1 Å². The van der Waals surface area contributed by atoms with Gasteiger partial charge < -0.3 is 10.8 Å². The van der Waals surface area contributed by atoms with E-state index in [2.05, 4.69) is 0 Å². The molecular formula is C9H11Cl3FNO. The van der Waals surface area contributed by atoms with Gasteiger partial charge in [-0.2, -0.15) is 0 Å². The third-order valence-electron chi connectivity index (χ3n) is 1.93. The summed E-state index contributed by atoms with van der Waals surface area (Å²) in [6.07, 6.45) is -0.888. The van der Waals surface area contributed by atoms with E-state index in [0.717, 1.165) is 0 Å². The number of hydrogen-bond acceptors (Lipinski definition) is 2. The summed E-state index contributed by atoms with van der Waals surface area (Å²) in [4.78, 5) is 0. The highest BCUT2D eigenvalue weighted by Crippen LogP contribution is 2.32. The first-order valence-corrected chi connectivity index (χ1v) is 4.77. The van der Waals surface area contributed by atoms with E-state index in [0.29, 0.717) is 0 Å². The molecule has 1 aromatic rings. The standard InChI is InChI=1S/C9H10Cl2FNO.ClH/c1-4(14)9(13)7-6(12)3-2-5(10)8(7)11;/h2-4,9,14H,13H2,1H3;1H/t4-,9-;/m0./s1. The first kappa shape index (κ1) is 14.9. The van der Waals surface area contributed by atoms with Gasteiger partial charge in [0.25, 0.3) is 0 Å². The van der Waals surface area contributed by atoms with Crippen LogP contribution in [0, 0.1) is 5.82 Å². The molecule has 0 amide bonds. The first-order chi connectivity index (χ1) is 6.45. The summed E-state index contributed by atoms with van der Waals surface area (Å²) in [5, 5.41) is 9.50. The molecule has 86 valence electrons. The van der Waals surface area contributed by atoms with Gasteiger partial charge in [0.05, 0.1) is 22.2 Å². The van der Waals surface area contributed by atoms with Crippen LogP contribution in [0.15, 0.2) is 12.1 Å². The Balaban J connectivity index is 0.00000196. The van der Waals surface area contributed by atoms with E-state index in [1.165, 1.54) is 19.1 Å². The average molecular weight is 275 g/mol. The smallest absolute Gasteiger partial charge is 0.129 e. The molecule has 0 unspecified atom stereocenters. The van der Waals surface area contributed by atoms with Crippen molar-refractivity contribution in [2.75, 3.05) is 0 Å². The van der Waals surface area contributed by atoms with Gasteiger partial charge in [-0.05, 0) is 19.1 Å². The molecule has 0 saturated heterocycles. The zero-order valence-electron chi connectivity index (χ0n) is 7.88. The van der Waals surface area contributed by atoms with Gasteiger partial charge in [-0.1, -0.05) is 23.2 Å². The number of nitrogens with two attached hydrogens (primary N) is 1. The van der Waals surface area contributed by atoms with Gasteiger partial charge in [-0.3, -0.25) is 0 Å². The molecule has 6 heteroatoms. The van der Waals surface area contributed by atoms with Gasteiger partial charge >= 0.3 is 0 Å². The summed E-state index contributed by atoms with van der Waals surface area (Å²) in [6.45, 7) is 1.46. The van der Waals surface area contributed by atoms with Crippen molar-refractivity contribution in [1.29, 1.82) is 0 Å². The molecule has 1 aromatic carbocycles. The minimum Gasteiger partial charge on any atom is -0.391 e. The molecule has 0 saturated carbocycles. The van der Waals surface area contributed by atoms with E-state index in [4.69, 9.17) is 28.9 Å². The molecule has 0 bridgehead atoms. The second-order valence-electron chi connectivity index (χ2n) is 3.02. The molecule has 0 radical (unpaired) electrons. The van der Waals surface area contributed by atoms with Crippen LogP contribution in [0.2, 0.25) is 10.0 Å². The molecule has 2 atom stereocenters. The molecular weight excluding hydrogens is 263 g/mol. The van der Waals surface area contributed by atoms with Crippen molar-refractivity contribution in [2.24, 2.45) is 5.73 Å². The molecule has 0 heterocycles. The van der Waals surface area contributed by atoms with Gasteiger partial charge in [0, 0.05) is 5.56 Å². The maximum atomic E-state index is 13.3. The van der Waals surface area contributed by atoms with Crippen LogP contribution in [0.3, 0.4) is 0 Å². The molecule has 0 aliphatic rings. The Morgan fingerprint density at radius 2 is 1.93 bits per heavy atom. The highest BCUT2D eigenvalue weighted by molar-refractivity contribution is 6.42. The van der Waals surface area contributed by atoms with E-state index in [9.17, 15) is 9.50 Å². The van der Waals surface area contributed by atoms with E-state index >= 15 is 0 Å². The van der Waals surface area contributed by atoms with Gasteiger partial charge in [0.15, 0.2) is 0 Å². The summed E-state index contributed by atoms with van der Waals surface area (Å²) in [5.74, 6) is -0.562. The van der Waals surface area contributed by atoms with Crippen molar-refractivity contribution in [3.05, 3.63) is 33.6 Å². The Kier molecular flexibility index (Phi) is 5.85. The second-order valence-corrected chi connectivity index (χ2v) is 3.81. The van der Waals surface area contributed by atoms with Gasteiger partial charge in [-0.25, -0.2) is 4.39 Å². The fourth-order valence-electron chi connectivity index (χ4n) is 1.09. The molecule has 15 heavy (non-hydrogen) atoms. The third-order valence-corrected chi connectivity index (χ3v) is 2.75. The lowest BCUT2D eigenvalue weighted by molar-refractivity contribution is 0.162. The Morgan fingerprint density at radius 1 is 1.40 bits per heavy atom. The largest absolute Gasteiger partial charge is 0.391 e. The maximum absolute atomic E-state index is 13.3. The zero-order chi connectivity index (χ0) is 10.9. The lowest BCUT2D eigenvalue weighted by Gasteiger charge is -2.17. The fourth-order valence-corrected chi connectivity index (χ4v) is 1.53. The van der Waals surface area contributed by atoms with Crippen molar-refractivity contribution in [1.82, 2.24) is 0 Å². The van der Waals surface area contributed by atoms with Crippen LogP contribution in [0.1, 0.15) is 18.5 Å². The number of aliphatic hydroxyl groups excluding tert-OH is 1. The van der Waals surface area contributed by atoms with Crippen molar-refractivity contribution in [3.8, 4) is 0 Å². The Hall–Kier alpha value is -0.0600. The average Bonchev–Trinajstić information content (AvgIpc) is 2.12. The minimum absolute atomic E-state index is 0. The van der Waals surface area contributed by atoms with Crippen LogP contribution in [0.5, 0.6) is 0 Å². The molecule has 3 N–H and O–H groups in total. The third kappa shape index (κ3) is 3.20. The molecule has 0 fully saturated rings. The Morgan fingerprint density at radius 3 is 2.40 bits per heavy atom. The summed E-state index contributed by atoms with van der Waals surface area (Å²) >= 11 is 11.5. The van der Waals surface area contributed by atoms with Crippen LogP contribution in [-0.4, -0.2) is 11.2 Å². The van der Waals surface area contributed by atoms with Crippen LogP contribution in [0.4, 0.5) is 4.39 Å². The molecule has 2 nitrogen and oxygen atoms in total. The molecule has 0 aliphatic heterocycles. The van der Waals surface area contributed by atoms with E-state index < -0.39 is 18.0 Å². The minimum atomic E-state index is -0.888. The lowest BCUT2D eigenvalue weighted by atomic mass is 10.0. The van der Waals surface area contributed by atoms with Gasteiger partial charge in [0.2, 0.25) is 0 Å². The maximum Gasteiger partial charge on any atom is 0.129 e. The van der Waals surface area contributed by atoms with Crippen molar-refractivity contribution in [3.63, 3.8) is 0 Å². The first-order valence-electron chi connectivity index (χ1n) is 4.02. The number of rotatable bonds is 2. The molecule has 0 aliphatic carbocycles. The number of halogens is 4. The topological polar surface area (TPSA) is 46.2 Å². The number of aliphatic hydroxyl groups is 1. The van der Waals surface area contributed by atoms with Crippen LogP contribution in [-0.2, 0) is 0 Å². The predicted octanol–water partition coefficient (Wildman–Crippen LogP) is 2.93. The van der Waals surface area contributed by atoms with Gasteiger partial charge in [-0.15, -0.1) is 12.4 Å².